The molecule has 0 aliphatic rings. The lowest BCUT2D eigenvalue weighted by atomic mass is 9.97. The van der Waals surface area contributed by atoms with Crippen LogP contribution in [0.4, 0.5) is 0 Å². The Morgan fingerprint density at radius 3 is 2.69 bits per heavy atom. The van der Waals surface area contributed by atoms with Gasteiger partial charge in [0.25, 0.3) is 0 Å². The molecule has 0 unspecified atom stereocenters. The maximum Gasteiger partial charge on any atom is 0.354 e. The second-order valence-corrected chi connectivity index (χ2v) is 5.05. The molecule has 0 amide bonds. The topological polar surface area (TPSA) is 54.1 Å². The van der Waals surface area contributed by atoms with Crippen LogP contribution in [0.2, 0.25) is 0 Å². The number of carbonyl (C=O) groups is 1. The van der Waals surface area contributed by atoms with Gasteiger partial charge in [-0.2, -0.15) is 0 Å². The standard InChI is InChI=1S/C12H20N2O2/c1-12(2,3)8-13-7-9-5-6-10(14-9)11(15)16-4/h5-6,13-14H,7-8H2,1-4H3. The van der Waals surface area contributed by atoms with E-state index in [2.05, 4.69) is 35.8 Å². The number of esters is 1. The molecule has 0 aliphatic heterocycles. The number of carbonyl (C=O) groups excluding carboxylic acids is 1. The lowest BCUT2D eigenvalue weighted by molar-refractivity contribution is 0.0594. The monoisotopic (exact) mass is 224 g/mol. The van der Waals surface area contributed by atoms with Crippen LogP contribution in [-0.4, -0.2) is 24.6 Å². The van der Waals surface area contributed by atoms with E-state index in [9.17, 15) is 4.79 Å². The molecule has 1 aromatic heterocycles. The molecule has 0 radical (unpaired) electrons. The van der Waals surface area contributed by atoms with E-state index in [0.717, 1.165) is 18.8 Å². The van der Waals surface area contributed by atoms with Gasteiger partial charge in [0.05, 0.1) is 7.11 Å². The van der Waals surface area contributed by atoms with Crippen molar-refractivity contribution >= 4 is 5.97 Å². The minimum Gasteiger partial charge on any atom is -0.464 e. The molecule has 0 spiro atoms. The minimum atomic E-state index is -0.331. The highest BCUT2D eigenvalue weighted by atomic mass is 16.5. The number of aromatic amines is 1. The van der Waals surface area contributed by atoms with Gasteiger partial charge < -0.3 is 15.0 Å². The Balaban J connectivity index is 2.44. The molecule has 16 heavy (non-hydrogen) atoms. The highest BCUT2D eigenvalue weighted by Crippen LogP contribution is 2.11. The van der Waals surface area contributed by atoms with E-state index in [1.165, 1.54) is 7.11 Å². The Hall–Kier alpha value is -1.29. The largest absolute Gasteiger partial charge is 0.464 e. The van der Waals surface area contributed by atoms with Crippen molar-refractivity contribution in [3.63, 3.8) is 0 Å². The molecule has 4 nitrogen and oxygen atoms in total. The highest BCUT2D eigenvalue weighted by Gasteiger charge is 2.10. The molecule has 90 valence electrons. The van der Waals surface area contributed by atoms with Gasteiger partial charge >= 0.3 is 5.97 Å². The molecule has 2 N–H and O–H groups in total. The fourth-order valence-corrected chi connectivity index (χ4v) is 1.34. The summed E-state index contributed by atoms with van der Waals surface area (Å²) in [7, 11) is 1.38. The van der Waals surface area contributed by atoms with E-state index >= 15 is 0 Å². The third kappa shape index (κ3) is 4.06. The predicted octanol–water partition coefficient (Wildman–Crippen LogP) is 1.94. The molecule has 0 bridgehead atoms. The van der Waals surface area contributed by atoms with Crippen molar-refractivity contribution in [1.82, 2.24) is 10.3 Å². The van der Waals surface area contributed by atoms with Crippen molar-refractivity contribution in [1.29, 1.82) is 0 Å². The normalized spacial score (nSPS) is 11.5. The first-order valence-electron chi connectivity index (χ1n) is 5.39. The molecule has 0 saturated carbocycles. The van der Waals surface area contributed by atoms with Crippen molar-refractivity contribution in [2.75, 3.05) is 13.7 Å². The molecule has 1 rings (SSSR count). The van der Waals surface area contributed by atoms with Crippen molar-refractivity contribution in [3.8, 4) is 0 Å². The minimum absolute atomic E-state index is 0.262. The van der Waals surface area contributed by atoms with Crippen molar-refractivity contribution < 1.29 is 9.53 Å². The number of ether oxygens (including phenoxy) is 1. The van der Waals surface area contributed by atoms with Gasteiger partial charge in [-0.05, 0) is 17.5 Å². The van der Waals surface area contributed by atoms with E-state index < -0.39 is 0 Å². The number of methoxy groups -OCH3 is 1. The van der Waals surface area contributed by atoms with E-state index in [0.29, 0.717) is 5.69 Å². The van der Waals surface area contributed by atoms with Crippen LogP contribution in [0.15, 0.2) is 12.1 Å². The van der Waals surface area contributed by atoms with Crippen molar-refractivity contribution in [2.24, 2.45) is 5.41 Å². The summed E-state index contributed by atoms with van der Waals surface area (Å²) >= 11 is 0. The van der Waals surface area contributed by atoms with Crippen LogP contribution in [0.1, 0.15) is 37.0 Å². The number of hydrogen-bond acceptors (Lipinski definition) is 3. The van der Waals surface area contributed by atoms with Crippen LogP contribution >= 0.6 is 0 Å². The van der Waals surface area contributed by atoms with Gasteiger partial charge in [-0.3, -0.25) is 0 Å². The zero-order valence-electron chi connectivity index (χ0n) is 10.4. The lowest BCUT2D eigenvalue weighted by Gasteiger charge is -2.18. The Bertz CT molecular complexity index is 350. The first-order valence-corrected chi connectivity index (χ1v) is 5.39. The van der Waals surface area contributed by atoms with Gasteiger partial charge in [0.2, 0.25) is 0 Å². The summed E-state index contributed by atoms with van der Waals surface area (Å²) in [5.41, 5.74) is 1.75. The predicted molar refractivity (Wildman–Crippen MR) is 63.3 cm³/mol. The molecule has 4 heteroatoms. The smallest absolute Gasteiger partial charge is 0.354 e. The SMILES string of the molecule is COC(=O)c1ccc(CNCC(C)(C)C)[nH]1. The molecular formula is C12H20N2O2. The highest BCUT2D eigenvalue weighted by molar-refractivity contribution is 5.87. The number of nitrogens with one attached hydrogen (secondary N) is 2. The zero-order chi connectivity index (χ0) is 12.2. The van der Waals surface area contributed by atoms with Gasteiger partial charge in [-0.1, -0.05) is 20.8 Å². The first kappa shape index (κ1) is 12.8. The molecule has 0 fully saturated rings. The van der Waals surface area contributed by atoms with Crippen LogP contribution < -0.4 is 5.32 Å². The molecule has 1 aromatic rings. The fourth-order valence-electron chi connectivity index (χ4n) is 1.34. The summed E-state index contributed by atoms with van der Waals surface area (Å²) in [5, 5.41) is 3.33. The third-order valence-electron chi connectivity index (χ3n) is 2.12. The molecule has 1 heterocycles. The number of rotatable bonds is 4. The van der Waals surface area contributed by atoms with E-state index in [-0.39, 0.29) is 11.4 Å². The van der Waals surface area contributed by atoms with Gasteiger partial charge in [0, 0.05) is 18.8 Å². The van der Waals surface area contributed by atoms with Crippen LogP contribution in [0.25, 0.3) is 0 Å². The average Bonchev–Trinajstić information content (AvgIpc) is 2.63. The zero-order valence-corrected chi connectivity index (χ0v) is 10.4. The third-order valence-corrected chi connectivity index (χ3v) is 2.12. The van der Waals surface area contributed by atoms with E-state index in [1.54, 1.807) is 6.07 Å². The summed E-state index contributed by atoms with van der Waals surface area (Å²) in [6.07, 6.45) is 0. The quantitative estimate of drug-likeness (QED) is 0.768. The van der Waals surface area contributed by atoms with Crippen molar-refractivity contribution in [2.45, 2.75) is 27.3 Å². The van der Waals surface area contributed by atoms with Gasteiger partial charge in [0.15, 0.2) is 0 Å². The summed E-state index contributed by atoms with van der Waals surface area (Å²) in [4.78, 5) is 14.2. The van der Waals surface area contributed by atoms with Crippen LogP contribution in [-0.2, 0) is 11.3 Å². The fraction of sp³-hybridized carbons (Fsp3) is 0.583. The van der Waals surface area contributed by atoms with E-state index in [1.807, 2.05) is 6.07 Å². The van der Waals surface area contributed by atoms with Crippen LogP contribution in [0.3, 0.4) is 0 Å². The molecule has 0 saturated heterocycles. The Morgan fingerprint density at radius 1 is 1.44 bits per heavy atom. The molecule has 0 atom stereocenters. The number of aromatic nitrogens is 1. The number of H-pyrrole nitrogens is 1. The van der Waals surface area contributed by atoms with E-state index in [4.69, 9.17) is 0 Å². The second-order valence-electron chi connectivity index (χ2n) is 5.05. The van der Waals surface area contributed by atoms with Crippen LogP contribution in [0, 0.1) is 5.41 Å². The Kier molecular flexibility index (Phi) is 4.12. The maximum atomic E-state index is 11.2. The second kappa shape index (κ2) is 5.16. The Morgan fingerprint density at radius 2 is 2.12 bits per heavy atom. The van der Waals surface area contributed by atoms with Crippen LogP contribution in [0.5, 0.6) is 0 Å². The summed E-state index contributed by atoms with van der Waals surface area (Å²) < 4.78 is 4.62. The summed E-state index contributed by atoms with van der Waals surface area (Å²) in [6, 6.07) is 3.63. The maximum absolute atomic E-state index is 11.2. The van der Waals surface area contributed by atoms with Gasteiger partial charge in [-0.15, -0.1) is 0 Å². The van der Waals surface area contributed by atoms with Gasteiger partial charge in [-0.25, -0.2) is 4.79 Å². The Labute approximate surface area is 96.4 Å². The molecule has 0 aromatic carbocycles. The molecular weight excluding hydrogens is 204 g/mol. The summed E-state index contributed by atoms with van der Waals surface area (Å²) in [5.74, 6) is -0.331. The lowest BCUT2D eigenvalue weighted by Crippen LogP contribution is -2.26. The number of hydrogen-bond donors (Lipinski definition) is 2. The average molecular weight is 224 g/mol. The van der Waals surface area contributed by atoms with Crippen molar-refractivity contribution in [3.05, 3.63) is 23.5 Å². The molecule has 0 aliphatic carbocycles. The first-order chi connectivity index (χ1) is 7.42. The summed E-state index contributed by atoms with van der Waals surface area (Å²) in [6.45, 7) is 8.19. The van der Waals surface area contributed by atoms with Gasteiger partial charge in [0.1, 0.15) is 5.69 Å².